The molecule has 1 aromatic carbocycles. The lowest BCUT2D eigenvalue weighted by molar-refractivity contribution is 0.552. The molecule has 0 aliphatic heterocycles. The van der Waals surface area contributed by atoms with Gasteiger partial charge in [-0.3, -0.25) is 0 Å². The highest BCUT2D eigenvalue weighted by atomic mass is 32.2. The van der Waals surface area contributed by atoms with Crippen LogP contribution >= 0.6 is 0 Å². The Bertz CT molecular complexity index is 481. The standard InChI is InChI=1S/C14H24N2O2S/c1-4-10-16-19(17,18)13-8-6-12(7-9-13)14(5-2)11(3)15/h6-9,11,14,16H,4-5,10,15H2,1-3H3. The molecule has 2 unspecified atom stereocenters. The molecule has 0 bridgehead atoms. The Morgan fingerprint density at radius 1 is 1.21 bits per heavy atom. The largest absolute Gasteiger partial charge is 0.327 e. The maximum atomic E-state index is 11.9. The van der Waals surface area contributed by atoms with Gasteiger partial charge < -0.3 is 5.73 Å². The van der Waals surface area contributed by atoms with Crippen molar-refractivity contribution in [2.45, 2.75) is 50.5 Å². The number of hydrogen-bond donors (Lipinski definition) is 2. The third kappa shape index (κ3) is 4.30. The number of sulfonamides is 1. The molecule has 0 aromatic heterocycles. The molecule has 0 aliphatic rings. The first-order valence-corrected chi connectivity index (χ1v) is 8.25. The minimum Gasteiger partial charge on any atom is -0.327 e. The van der Waals surface area contributed by atoms with Crippen molar-refractivity contribution in [1.29, 1.82) is 0 Å². The quantitative estimate of drug-likeness (QED) is 0.806. The Morgan fingerprint density at radius 2 is 1.79 bits per heavy atom. The van der Waals surface area contributed by atoms with Crippen LogP contribution in [0.1, 0.15) is 45.1 Å². The summed E-state index contributed by atoms with van der Waals surface area (Å²) in [5, 5.41) is 0. The lowest BCUT2D eigenvalue weighted by atomic mass is 9.91. The van der Waals surface area contributed by atoms with E-state index in [0.717, 1.165) is 18.4 Å². The lowest BCUT2D eigenvalue weighted by Crippen LogP contribution is -2.25. The predicted molar refractivity (Wildman–Crippen MR) is 78.6 cm³/mol. The fourth-order valence-electron chi connectivity index (χ4n) is 2.12. The maximum absolute atomic E-state index is 11.9. The Balaban J connectivity index is 2.93. The van der Waals surface area contributed by atoms with Crippen molar-refractivity contribution < 1.29 is 8.42 Å². The molecule has 4 nitrogen and oxygen atoms in total. The molecule has 0 heterocycles. The second-order valence-corrected chi connectivity index (χ2v) is 6.61. The Labute approximate surface area is 116 Å². The van der Waals surface area contributed by atoms with Gasteiger partial charge in [0.25, 0.3) is 0 Å². The number of nitrogens with one attached hydrogen (secondary N) is 1. The van der Waals surface area contributed by atoms with Gasteiger partial charge in [-0.1, -0.05) is 26.0 Å². The van der Waals surface area contributed by atoms with Crippen LogP contribution in [0.3, 0.4) is 0 Å². The molecule has 1 aromatic rings. The van der Waals surface area contributed by atoms with E-state index in [9.17, 15) is 8.42 Å². The fraction of sp³-hybridized carbons (Fsp3) is 0.571. The highest BCUT2D eigenvalue weighted by molar-refractivity contribution is 7.89. The SMILES string of the molecule is CCCNS(=O)(=O)c1ccc(C(CC)C(C)N)cc1. The van der Waals surface area contributed by atoms with Crippen molar-refractivity contribution in [3.8, 4) is 0 Å². The third-order valence-electron chi connectivity index (χ3n) is 3.24. The van der Waals surface area contributed by atoms with Gasteiger partial charge in [0.1, 0.15) is 0 Å². The van der Waals surface area contributed by atoms with Crippen LogP contribution in [-0.2, 0) is 10.0 Å². The van der Waals surface area contributed by atoms with Crippen LogP contribution in [-0.4, -0.2) is 21.0 Å². The molecular weight excluding hydrogens is 260 g/mol. The zero-order chi connectivity index (χ0) is 14.5. The van der Waals surface area contributed by atoms with E-state index in [1.165, 1.54) is 0 Å². The van der Waals surface area contributed by atoms with E-state index in [2.05, 4.69) is 11.6 Å². The molecular formula is C14H24N2O2S. The Kier molecular flexibility index (Phi) is 5.97. The van der Waals surface area contributed by atoms with Gasteiger partial charge in [-0.05, 0) is 43.4 Å². The van der Waals surface area contributed by atoms with Crippen LogP contribution in [0, 0.1) is 0 Å². The molecule has 2 atom stereocenters. The van der Waals surface area contributed by atoms with Gasteiger partial charge in [0.05, 0.1) is 4.90 Å². The molecule has 0 spiro atoms. The Hall–Kier alpha value is -0.910. The van der Waals surface area contributed by atoms with Gasteiger partial charge >= 0.3 is 0 Å². The smallest absolute Gasteiger partial charge is 0.240 e. The number of rotatable bonds is 7. The minimum absolute atomic E-state index is 0.0608. The summed E-state index contributed by atoms with van der Waals surface area (Å²) in [6.45, 7) is 6.45. The molecule has 19 heavy (non-hydrogen) atoms. The molecule has 0 saturated carbocycles. The van der Waals surface area contributed by atoms with Crippen LogP contribution in [0.2, 0.25) is 0 Å². The molecule has 0 aliphatic carbocycles. The molecule has 108 valence electrons. The fourth-order valence-corrected chi connectivity index (χ4v) is 3.26. The molecule has 5 heteroatoms. The minimum atomic E-state index is -3.37. The molecule has 0 radical (unpaired) electrons. The van der Waals surface area contributed by atoms with Crippen LogP contribution in [0.4, 0.5) is 0 Å². The van der Waals surface area contributed by atoms with Gasteiger partial charge in [-0.25, -0.2) is 13.1 Å². The summed E-state index contributed by atoms with van der Waals surface area (Å²) in [5.74, 6) is 0.264. The van der Waals surface area contributed by atoms with Gasteiger partial charge in [-0.2, -0.15) is 0 Å². The predicted octanol–water partition coefficient (Wildman–Crippen LogP) is 2.22. The van der Waals surface area contributed by atoms with Crippen LogP contribution in [0.5, 0.6) is 0 Å². The Morgan fingerprint density at radius 3 is 2.21 bits per heavy atom. The van der Waals surface area contributed by atoms with Gasteiger partial charge in [0.2, 0.25) is 10.0 Å². The summed E-state index contributed by atoms with van der Waals surface area (Å²) in [6.07, 6.45) is 1.72. The topological polar surface area (TPSA) is 72.2 Å². The average Bonchev–Trinajstić information content (AvgIpc) is 2.37. The van der Waals surface area contributed by atoms with Crippen molar-refractivity contribution in [2.75, 3.05) is 6.54 Å². The zero-order valence-electron chi connectivity index (χ0n) is 11.9. The van der Waals surface area contributed by atoms with Gasteiger partial charge in [-0.15, -0.1) is 0 Å². The number of nitrogens with two attached hydrogens (primary N) is 1. The summed E-state index contributed by atoms with van der Waals surface area (Å²) in [5.41, 5.74) is 7.03. The third-order valence-corrected chi connectivity index (χ3v) is 4.71. The van der Waals surface area contributed by atoms with Crippen molar-refractivity contribution in [1.82, 2.24) is 4.72 Å². The summed E-state index contributed by atoms with van der Waals surface area (Å²) in [6, 6.07) is 7.08. The van der Waals surface area contributed by atoms with E-state index in [0.29, 0.717) is 11.4 Å². The lowest BCUT2D eigenvalue weighted by Gasteiger charge is -2.19. The normalized spacial score (nSPS) is 15.2. The van der Waals surface area contributed by atoms with Crippen molar-refractivity contribution in [3.63, 3.8) is 0 Å². The summed E-state index contributed by atoms with van der Waals surface area (Å²) < 4.78 is 26.4. The summed E-state index contributed by atoms with van der Waals surface area (Å²) in [4.78, 5) is 0.309. The van der Waals surface area contributed by atoms with Crippen molar-refractivity contribution in [3.05, 3.63) is 29.8 Å². The first-order chi connectivity index (χ1) is 8.92. The van der Waals surface area contributed by atoms with E-state index in [1.807, 2.05) is 26.0 Å². The van der Waals surface area contributed by atoms with Crippen LogP contribution in [0.25, 0.3) is 0 Å². The van der Waals surface area contributed by atoms with E-state index < -0.39 is 10.0 Å². The zero-order valence-corrected chi connectivity index (χ0v) is 12.7. The van der Waals surface area contributed by atoms with Gasteiger partial charge in [0, 0.05) is 12.6 Å². The van der Waals surface area contributed by atoms with E-state index >= 15 is 0 Å². The monoisotopic (exact) mass is 284 g/mol. The van der Waals surface area contributed by atoms with Crippen molar-refractivity contribution in [2.24, 2.45) is 5.73 Å². The van der Waals surface area contributed by atoms with Crippen LogP contribution in [0.15, 0.2) is 29.2 Å². The summed E-state index contributed by atoms with van der Waals surface area (Å²) in [7, 11) is -3.37. The molecule has 3 N–H and O–H groups in total. The van der Waals surface area contributed by atoms with E-state index in [1.54, 1.807) is 12.1 Å². The molecule has 0 fully saturated rings. The maximum Gasteiger partial charge on any atom is 0.240 e. The number of hydrogen-bond acceptors (Lipinski definition) is 3. The summed E-state index contributed by atoms with van der Waals surface area (Å²) >= 11 is 0. The second-order valence-electron chi connectivity index (χ2n) is 4.84. The van der Waals surface area contributed by atoms with Crippen LogP contribution < -0.4 is 10.5 Å². The van der Waals surface area contributed by atoms with E-state index in [-0.39, 0.29) is 12.0 Å². The number of benzene rings is 1. The average molecular weight is 284 g/mol. The molecule has 1 rings (SSSR count). The molecule has 0 saturated heterocycles. The second kappa shape index (κ2) is 7.03. The van der Waals surface area contributed by atoms with Crippen molar-refractivity contribution >= 4 is 10.0 Å². The van der Waals surface area contributed by atoms with E-state index in [4.69, 9.17) is 5.73 Å². The highest BCUT2D eigenvalue weighted by Crippen LogP contribution is 2.23. The molecule has 0 amide bonds. The highest BCUT2D eigenvalue weighted by Gasteiger charge is 2.16. The van der Waals surface area contributed by atoms with Gasteiger partial charge in [0.15, 0.2) is 0 Å². The first-order valence-electron chi connectivity index (χ1n) is 6.77. The first kappa shape index (κ1) is 16.1.